The average molecular weight is 159 g/mol. The third-order valence-electron chi connectivity index (χ3n) is 0.638. The Balaban J connectivity index is 0. The normalized spacial score (nSPS) is 7.27. The van der Waals surface area contributed by atoms with Gasteiger partial charge in [0, 0.05) is 0 Å². The molecule has 0 aliphatic carbocycles. The van der Waals surface area contributed by atoms with E-state index >= 15 is 0 Å². The highest BCUT2D eigenvalue weighted by Crippen LogP contribution is 1.84. The largest absolute Gasteiger partial charge is 0.508 e. The van der Waals surface area contributed by atoms with E-state index in [0.29, 0.717) is 0 Å². The van der Waals surface area contributed by atoms with Crippen LogP contribution < -0.4 is 6.15 Å². The molecule has 0 atom stereocenters. The van der Waals surface area contributed by atoms with Crippen LogP contribution in [-0.4, -0.2) is 19.4 Å². The molecule has 0 aliphatic rings. The first kappa shape index (κ1) is 12.4. The first-order valence-corrected chi connectivity index (χ1v) is 2.82. The Labute approximate surface area is 66.1 Å². The van der Waals surface area contributed by atoms with Crippen LogP contribution in [0.5, 0.6) is 0 Å². The van der Waals surface area contributed by atoms with Crippen LogP contribution in [-0.2, 0) is 9.47 Å². The van der Waals surface area contributed by atoms with Gasteiger partial charge in [0.25, 0.3) is 0 Å². The Morgan fingerprint density at radius 3 is 1.82 bits per heavy atom. The van der Waals surface area contributed by atoms with Crippen LogP contribution in [0.25, 0.3) is 0 Å². The van der Waals surface area contributed by atoms with Crippen molar-refractivity contribution in [2.75, 3.05) is 13.2 Å². The zero-order valence-electron chi connectivity index (χ0n) is 6.41. The number of hydrogen-bond acceptors (Lipinski definition) is 4. The van der Waals surface area contributed by atoms with Gasteiger partial charge in [-0.25, -0.2) is 4.79 Å². The Bertz CT molecular complexity index is 120. The summed E-state index contributed by atoms with van der Waals surface area (Å²) in [5.41, 5.74) is 0. The van der Waals surface area contributed by atoms with Crippen molar-refractivity contribution in [2.45, 2.75) is 0 Å². The van der Waals surface area contributed by atoms with Gasteiger partial charge in [0.05, 0.1) is 0 Å². The van der Waals surface area contributed by atoms with Crippen LogP contribution in [0.4, 0.5) is 4.79 Å². The van der Waals surface area contributed by atoms with Crippen molar-refractivity contribution in [1.82, 2.24) is 6.15 Å². The first-order valence-electron chi connectivity index (χ1n) is 2.82. The fourth-order valence-electron chi connectivity index (χ4n) is 0.296. The van der Waals surface area contributed by atoms with E-state index in [9.17, 15) is 4.79 Å². The van der Waals surface area contributed by atoms with Crippen molar-refractivity contribution in [3.05, 3.63) is 25.3 Å². The summed E-state index contributed by atoms with van der Waals surface area (Å²) in [6.45, 7) is 7.07. The highest BCUT2D eigenvalue weighted by atomic mass is 16.7. The molecule has 3 N–H and O–H groups in total. The van der Waals surface area contributed by atoms with E-state index in [1.165, 1.54) is 12.2 Å². The SMILES string of the molecule is C=CCOC(=O)OCC=C.N. The molecule has 0 aliphatic heterocycles. The van der Waals surface area contributed by atoms with Gasteiger partial charge in [-0.1, -0.05) is 25.3 Å². The fourth-order valence-corrected chi connectivity index (χ4v) is 0.296. The van der Waals surface area contributed by atoms with Crippen molar-refractivity contribution in [3.63, 3.8) is 0 Å². The lowest BCUT2D eigenvalue weighted by Crippen LogP contribution is -2.06. The van der Waals surface area contributed by atoms with E-state index in [1.807, 2.05) is 0 Å². The van der Waals surface area contributed by atoms with Crippen LogP contribution in [0.1, 0.15) is 0 Å². The van der Waals surface area contributed by atoms with Gasteiger partial charge in [-0.2, -0.15) is 0 Å². The van der Waals surface area contributed by atoms with Crippen molar-refractivity contribution in [2.24, 2.45) is 0 Å². The molecular formula is C7H13NO3. The third-order valence-corrected chi connectivity index (χ3v) is 0.638. The van der Waals surface area contributed by atoms with E-state index in [4.69, 9.17) is 0 Å². The molecule has 64 valence electrons. The van der Waals surface area contributed by atoms with Crippen molar-refractivity contribution in [1.29, 1.82) is 0 Å². The average Bonchev–Trinajstić information content (AvgIpc) is 1.97. The lowest BCUT2D eigenvalue weighted by molar-refractivity contribution is 0.0718. The zero-order valence-corrected chi connectivity index (χ0v) is 6.41. The van der Waals surface area contributed by atoms with Crippen LogP contribution in [0.15, 0.2) is 25.3 Å². The lowest BCUT2D eigenvalue weighted by atomic mass is 10.7. The number of carbonyl (C=O) groups excluding carboxylic acids is 1. The molecule has 11 heavy (non-hydrogen) atoms. The monoisotopic (exact) mass is 159 g/mol. The van der Waals surface area contributed by atoms with Crippen LogP contribution in [0, 0.1) is 0 Å². The maximum atomic E-state index is 10.4. The van der Waals surface area contributed by atoms with Gasteiger partial charge < -0.3 is 15.6 Å². The second-order valence-electron chi connectivity index (χ2n) is 1.45. The number of rotatable bonds is 4. The maximum absolute atomic E-state index is 10.4. The molecule has 0 unspecified atom stereocenters. The minimum Gasteiger partial charge on any atom is -0.430 e. The summed E-state index contributed by atoms with van der Waals surface area (Å²) < 4.78 is 8.93. The summed E-state index contributed by atoms with van der Waals surface area (Å²) in [5, 5.41) is 0. The molecule has 0 spiro atoms. The molecule has 0 radical (unpaired) electrons. The summed E-state index contributed by atoms with van der Waals surface area (Å²) in [4.78, 5) is 10.4. The highest BCUT2D eigenvalue weighted by molar-refractivity contribution is 5.60. The summed E-state index contributed by atoms with van der Waals surface area (Å²) in [6.07, 6.45) is 2.24. The van der Waals surface area contributed by atoms with Gasteiger partial charge in [-0.05, 0) is 0 Å². The molecule has 4 nitrogen and oxygen atoms in total. The predicted octanol–water partition coefficient (Wildman–Crippen LogP) is 1.67. The molecule has 4 heteroatoms. The van der Waals surface area contributed by atoms with E-state index in [2.05, 4.69) is 22.6 Å². The summed E-state index contributed by atoms with van der Waals surface area (Å²) in [6, 6.07) is 0. The molecule has 0 saturated heterocycles. The van der Waals surface area contributed by atoms with E-state index in [-0.39, 0.29) is 19.4 Å². The Morgan fingerprint density at radius 2 is 1.55 bits per heavy atom. The Kier molecular flexibility index (Phi) is 9.81. The number of ether oxygens (including phenoxy) is 2. The summed E-state index contributed by atoms with van der Waals surface area (Å²) in [7, 11) is 0. The van der Waals surface area contributed by atoms with Crippen LogP contribution in [0.3, 0.4) is 0 Å². The second-order valence-corrected chi connectivity index (χ2v) is 1.45. The Hall–Kier alpha value is -1.29. The van der Waals surface area contributed by atoms with Crippen LogP contribution >= 0.6 is 0 Å². The molecule has 0 heterocycles. The molecule has 0 aromatic heterocycles. The van der Waals surface area contributed by atoms with Crippen LogP contribution in [0.2, 0.25) is 0 Å². The molecule has 0 rings (SSSR count). The minimum atomic E-state index is -0.695. The highest BCUT2D eigenvalue weighted by Gasteiger charge is 1.97. The van der Waals surface area contributed by atoms with E-state index in [1.54, 1.807) is 0 Å². The number of carbonyl (C=O) groups is 1. The van der Waals surface area contributed by atoms with Gasteiger partial charge in [0.1, 0.15) is 13.2 Å². The van der Waals surface area contributed by atoms with Crippen molar-refractivity contribution < 1.29 is 14.3 Å². The van der Waals surface area contributed by atoms with E-state index in [0.717, 1.165) is 0 Å². The van der Waals surface area contributed by atoms with Crippen molar-refractivity contribution in [3.8, 4) is 0 Å². The summed E-state index contributed by atoms with van der Waals surface area (Å²) in [5.74, 6) is 0. The van der Waals surface area contributed by atoms with E-state index < -0.39 is 6.16 Å². The van der Waals surface area contributed by atoms with Gasteiger partial charge >= 0.3 is 6.16 Å². The van der Waals surface area contributed by atoms with Gasteiger partial charge in [0.2, 0.25) is 0 Å². The maximum Gasteiger partial charge on any atom is 0.508 e. The van der Waals surface area contributed by atoms with Gasteiger partial charge in [-0.15, -0.1) is 0 Å². The van der Waals surface area contributed by atoms with Gasteiger partial charge in [-0.3, -0.25) is 0 Å². The smallest absolute Gasteiger partial charge is 0.430 e. The predicted molar refractivity (Wildman–Crippen MR) is 42.7 cm³/mol. The minimum absolute atomic E-state index is 0. The molecule has 0 aromatic carbocycles. The molecule has 0 aromatic rings. The zero-order chi connectivity index (χ0) is 7.82. The topological polar surface area (TPSA) is 70.5 Å². The molecular weight excluding hydrogens is 146 g/mol. The quantitative estimate of drug-likeness (QED) is 0.500. The molecule has 0 fully saturated rings. The first-order chi connectivity index (χ1) is 4.81. The van der Waals surface area contributed by atoms with Crippen molar-refractivity contribution >= 4 is 6.16 Å². The lowest BCUT2D eigenvalue weighted by Gasteiger charge is -1.99. The Morgan fingerprint density at radius 1 is 1.18 bits per heavy atom. The molecule has 0 bridgehead atoms. The summed E-state index contributed by atoms with van der Waals surface area (Å²) >= 11 is 0. The van der Waals surface area contributed by atoms with Gasteiger partial charge in [0.15, 0.2) is 0 Å². The fraction of sp³-hybridized carbons (Fsp3) is 0.286. The number of hydrogen-bond donors (Lipinski definition) is 1. The molecule has 0 saturated carbocycles. The molecule has 0 amide bonds. The second kappa shape index (κ2) is 8.71. The standard InChI is InChI=1S/C7H10O3.H3N/c1-3-5-9-7(8)10-6-4-2;/h3-4H,1-2,5-6H2;1H3. The third kappa shape index (κ3) is 8.71.